The Morgan fingerprint density at radius 2 is 1.76 bits per heavy atom. The van der Waals surface area contributed by atoms with Gasteiger partial charge >= 0.3 is 12.3 Å². The number of hydrogen-bond donors (Lipinski definition) is 0. The molecule has 1 saturated heterocycles. The molecule has 0 bridgehead atoms. The predicted octanol–water partition coefficient (Wildman–Crippen LogP) is 4.86. The average molecular weight is 405 g/mol. The van der Waals surface area contributed by atoms with Crippen molar-refractivity contribution in [3.63, 3.8) is 0 Å². The van der Waals surface area contributed by atoms with E-state index >= 15 is 0 Å². The Bertz CT molecular complexity index is 850. The maximum absolute atomic E-state index is 13.1. The van der Waals surface area contributed by atoms with Gasteiger partial charge in [0.15, 0.2) is 0 Å². The summed E-state index contributed by atoms with van der Waals surface area (Å²) in [5.41, 5.74) is 0.876. The van der Waals surface area contributed by atoms with Crippen LogP contribution in [-0.4, -0.2) is 29.5 Å². The lowest BCUT2D eigenvalue weighted by Gasteiger charge is -2.24. The van der Waals surface area contributed by atoms with Gasteiger partial charge < -0.3 is 4.74 Å². The van der Waals surface area contributed by atoms with Crippen molar-refractivity contribution in [1.82, 2.24) is 4.90 Å². The van der Waals surface area contributed by atoms with Gasteiger partial charge in [-0.05, 0) is 42.5 Å². The van der Waals surface area contributed by atoms with Gasteiger partial charge in [-0.15, -0.1) is 0 Å². The van der Waals surface area contributed by atoms with Gasteiger partial charge in [0, 0.05) is 5.92 Å². The molecule has 0 spiro atoms. The van der Waals surface area contributed by atoms with Crippen molar-refractivity contribution >= 4 is 12.0 Å². The SMILES string of the molecule is CC[C@H](Cc1ccc(C(F)(F)F)cc1)C(=O)N1C(=O)OC[C@@H]1Cc1ccccc1. The molecule has 2 atom stereocenters. The van der Waals surface area contributed by atoms with Crippen LogP contribution in [0.5, 0.6) is 0 Å². The minimum Gasteiger partial charge on any atom is -0.447 e. The second-order valence-electron chi connectivity index (χ2n) is 7.13. The van der Waals surface area contributed by atoms with E-state index in [-0.39, 0.29) is 25.0 Å². The molecular weight excluding hydrogens is 383 g/mol. The topological polar surface area (TPSA) is 46.6 Å². The zero-order valence-corrected chi connectivity index (χ0v) is 16.0. The van der Waals surface area contributed by atoms with Crippen LogP contribution in [0.1, 0.15) is 30.0 Å². The Kier molecular flexibility index (Phi) is 6.25. The van der Waals surface area contributed by atoms with E-state index in [2.05, 4.69) is 0 Å². The number of ether oxygens (including phenoxy) is 1. The third kappa shape index (κ3) is 4.96. The van der Waals surface area contributed by atoms with E-state index in [0.717, 1.165) is 17.7 Å². The minimum atomic E-state index is -4.40. The predicted molar refractivity (Wildman–Crippen MR) is 101 cm³/mol. The van der Waals surface area contributed by atoms with E-state index in [1.807, 2.05) is 37.3 Å². The van der Waals surface area contributed by atoms with Crippen LogP contribution in [0.4, 0.5) is 18.0 Å². The Morgan fingerprint density at radius 3 is 2.34 bits per heavy atom. The third-order valence-electron chi connectivity index (χ3n) is 5.12. The molecule has 1 aliphatic rings. The van der Waals surface area contributed by atoms with Gasteiger partial charge in [0.05, 0.1) is 11.6 Å². The molecule has 1 heterocycles. The molecule has 0 saturated carbocycles. The summed E-state index contributed by atoms with van der Waals surface area (Å²) in [7, 11) is 0. The van der Waals surface area contributed by atoms with E-state index in [0.29, 0.717) is 18.4 Å². The van der Waals surface area contributed by atoms with E-state index in [4.69, 9.17) is 4.74 Å². The van der Waals surface area contributed by atoms with Gasteiger partial charge in [-0.3, -0.25) is 4.79 Å². The standard InChI is InChI=1S/C22H22F3NO3/c1-2-17(12-16-8-10-18(11-9-16)22(23,24)25)20(27)26-19(14-29-21(26)28)13-15-6-4-3-5-7-15/h3-11,17,19H,2,12-14H2,1H3/t17-,19+/m1/s1. The lowest BCUT2D eigenvalue weighted by Crippen LogP contribution is -2.44. The molecule has 2 amide bonds. The normalized spacial score (nSPS) is 17.9. The smallest absolute Gasteiger partial charge is 0.416 e. The third-order valence-corrected chi connectivity index (χ3v) is 5.12. The van der Waals surface area contributed by atoms with Crippen molar-refractivity contribution in [2.24, 2.45) is 5.92 Å². The molecule has 0 N–H and O–H groups in total. The van der Waals surface area contributed by atoms with Gasteiger partial charge in [-0.2, -0.15) is 13.2 Å². The highest BCUT2D eigenvalue weighted by molar-refractivity contribution is 5.95. The van der Waals surface area contributed by atoms with Crippen molar-refractivity contribution in [3.05, 3.63) is 71.3 Å². The van der Waals surface area contributed by atoms with Crippen LogP contribution in [0, 0.1) is 5.92 Å². The second-order valence-corrected chi connectivity index (χ2v) is 7.13. The highest BCUT2D eigenvalue weighted by Crippen LogP contribution is 2.30. The summed E-state index contributed by atoms with van der Waals surface area (Å²) in [5.74, 6) is -0.869. The Labute approximate surface area is 167 Å². The van der Waals surface area contributed by atoms with Crippen molar-refractivity contribution in [3.8, 4) is 0 Å². The fourth-order valence-electron chi connectivity index (χ4n) is 3.48. The van der Waals surface area contributed by atoms with Gasteiger partial charge in [-0.1, -0.05) is 49.4 Å². The lowest BCUT2D eigenvalue weighted by atomic mass is 9.94. The number of carbonyl (C=O) groups is 2. The van der Waals surface area contributed by atoms with Crippen molar-refractivity contribution in [2.75, 3.05) is 6.61 Å². The number of halogens is 3. The highest BCUT2D eigenvalue weighted by atomic mass is 19.4. The van der Waals surface area contributed by atoms with Crippen LogP contribution >= 0.6 is 0 Å². The molecule has 7 heteroatoms. The molecule has 0 radical (unpaired) electrons. The maximum Gasteiger partial charge on any atom is 0.416 e. The number of amides is 2. The Balaban J connectivity index is 1.72. The zero-order valence-electron chi connectivity index (χ0n) is 16.0. The van der Waals surface area contributed by atoms with Crippen LogP contribution in [0.3, 0.4) is 0 Å². The fraction of sp³-hybridized carbons (Fsp3) is 0.364. The van der Waals surface area contributed by atoms with Crippen LogP contribution in [0.25, 0.3) is 0 Å². The molecule has 4 nitrogen and oxygen atoms in total. The number of imide groups is 1. The molecule has 0 aliphatic carbocycles. The first-order chi connectivity index (χ1) is 13.8. The highest BCUT2D eigenvalue weighted by Gasteiger charge is 2.40. The second kappa shape index (κ2) is 8.68. The summed E-state index contributed by atoms with van der Waals surface area (Å²) in [6.45, 7) is 1.95. The molecule has 3 rings (SSSR count). The van der Waals surface area contributed by atoms with Crippen LogP contribution in [-0.2, 0) is 28.5 Å². The van der Waals surface area contributed by atoms with Crippen LogP contribution in [0.2, 0.25) is 0 Å². The quantitative estimate of drug-likeness (QED) is 0.689. The number of carbonyl (C=O) groups excluding carboxylic acids is 2. The largest absolute Gasteiger partial charge is 0.447 e. The van der Waals surface area contributed by atoms with E-state index < -0.39 is 23.8 Å². The van der Waals surface area contributed by atoms with Gasteiger partial charge in [0.25, 0.3) is 0 Å². The molecule has 1 aliphatic heterocycles. The lowest BCUT2D eigenvalue weighted by molar-refractivity contribution is -0.137. The number of benzene rings is 2. The first kappa shape index (κ1) is 20.9. The fourth-order valence-corrected chi connectivity index (χ4v) is 3.48. The molecular formula is C22H22F3NO3. The van der Waals surface area contributed by atoms with Gasteiger partial charge in [-0.25, -0.2) is 9.69 Å². The number of hydrogen-bond acceptors (Lipinski definition) is 3. The number of cyclic esters (lactones) is 1. The summed E-state index contributed by atoms with van der Waals surface area (Å²) < 4.78 is 43.3. The molecule has 0 aromatic heterocycles. The molecule has 154 valence electrons. The molecule has 2 aromatic rings. The summed E-state index contributed by atoms with van der Waals surface area (Å²) in [5, 5.41) is 0. The maximum atomic E-state index is 13.1. The summed E-state index contributed by atoms with van der Waals surface area (Å²) in [6, 6.07) is 13.9. The van der Waals surface area contributed by atoms with Crippen LogP contribution < -0.4 is 0 Å². The van der Waals surface area contributed by atoms with Gasteiger partial charge in [0.2, 0.25) is 5.91 Å². The molecule has 0 unspecified atom stereocenters. The number of alkyl halides is 3. The van der Waals surface area contributed by atoms with Crippen molar-refractivity contribution < 1.29 is 27.5 Å². The number of nitrogens with zero attached hydrogens (tertiary/aromatic N) is 1. The molecule has 29 heavy (non-hydrogen) atoms. The van der Waals surface area contributed by atoms with E-state index in [1.165, 1.54) is 17.0 Å². The van der Waals surface area contributed by atoms with E-state index in [9.17, 15) is 22.8 Å². The Hall–Kier alpha value is -2.83. The molecule has 1 fully saturated rings. The van der Waals surface area contributed by atoms with E-state index in [1.54, 1.807) is 0 Å². The molecule has 2 aromatic carbocycles. The average Bonchev–Trinajstić information content (AvgIpc) is 3.06. The summed E-state index contributed by atoms with van der Waals surface area (Å²) >= 11 is 0. The summed E-state index contributed by atoms with van der Waals surface area (Å²) in [4.78, 5) is 26.4. The van der Waals surface area contributed by atoms with Gasteiger partial charge in [0.1, 0.15) is 6.61 Å². The summed E-state index contributed by atoms with van der Waals surface area (Å²) in [6.07, 6.45) is -3.85. The van der Waals surface area contributed by atoms with Crippen molar-refractivity contribution in [2.45, 2.75) is 38.4 Å². The Morgan fingerprint density at radius 1 is 1.10 bits per heavy atom. The first-order valence-electron chi connectivity index (χ1n) is 9.49. The minimum absolute atomic E-state index is 0.135. The number of rotatable bonds is 6. The zero-order chi connectivity index (χ0) is 21.0. The monoisotopic (exact) mass is 405 g/mol. The van der Waals surface area contributed by atoms with Crippen LogP contribution in [0.15, 0.2) is 54.6 Å². The van der Waals surface area contributed by atoms with Crippen molar-refractivity contribution in [1.29, 1.82) is 0 Å². The first-order valence-corrected chi connectivity index (χ1v) is 9.49.